The van der Waals surface area contributed by atoms with Crippen LogP contribution in [0.5, 0.6) is 0 Å². The standard InChI is InChI=1S/C17H23N3OS2.C2H6/c1-10-7-6-8-11(2)16(10)23-9-14(21)19-15-12(3)20(5)13(4)18-17(15)22;1-2/h6-8,12,22H,9H2,1-5H3,(H,19,21);1-2H3. The van der Waals surface area contributed by atoms with E-state index in [9.17, 15) is 4.79 Å². The summed E-state index contributed by atoms with van der Waals surface area (Å²) in [6.07, 6.45) is 0. The van der Waals surface area contributed by atoms with Crippen LogP contribution in [0.1, 0.15) is 38.8 Å². The number of likely N-dealkylation sites (N-methyl/N-ethyl adjacent to an activating group) is 1. The zero-order chi connectivity index (χ0) is 19.1. The van der Waals surface area contributed by atoms with Crippen LogP contribution in [0.2, 0.25) is 0 Å². The van der Waals surface area contributed by atoms with Crippen LogP contribution in [0.15, 0.2) is 38.8 Å². The molecular formula is C19H29N3OS2. The van der Waals surface area contributed by atoms with Gasteiger partial charge in [-0.1, -0.05) is 32.0 Å². The minimum absolute atomic E-state index is 0.0331. The van der Waals surface area contributed by atoms with Gasteiger partial charge in [-0.25, -0.2) is 4.99 Å². The second kappa shape index (κ2) is 9.92. The minimum Gasteiger partial charge on any atom is -0.355 e. The van der Waals surface area contributed by atoms with Crippen molar-refractivity contribution < 1.29 is 4.79 Å². The van der Waals surface area contributed by atoms with Gasteiger partial charge in [0, 0.05) is 11.9 Å². The van der Waals surface area contributed by atoms with Gasteiger partial charge in [-0.2, -0.15) is 0 Å². The third-order valence-corrected chi connectivity index (χ3v) is 5.73. The first kappa shape index (κ1) is 21.6. The Kier molecular flexibility index (Phi) is 8.59. The summed E-state index contributed by atoms with van der Waals surface area (Å²) >= 11 is 5.97. The topological polar surface area (TPSA) is 44.7 Å². The van der Waals surface area contributed by atoms with Gasteiger partial charge in [0.1, 0.15) is 10.9 Å². The molecule has 1 unspecified atom stereocenters. The first-order valence-electron chi connectivity index (χ1n) is 8.51. The van der Waals surface area contributed by atoms with Crippen LogP contribution in [0.4, 0.5) is 0 Å². The van der Waals surface area contributed by atoms with Crippen LogP contribution >= 0.6 is 24.4 Å². The molecule has 1 aliphatic heterocycles. The lowest BCUT2D eigenvalue weighted by Gasteiger charge is -2.32. The second-order valence-electron chi connectivity index (χ2n) is 5.74. The number of carbonyl (C=O) groups is 1. The van der Waals surface area contributed by atoms with Crippen molar-refractivity contribution in [2.75, 3.05) is 12.8 Å². The fraction of sp³-hybridized carbons (Fsp3) is 0.474. The molecule has 138 valence electrons. The summed E-state index contributed by atoms with van der Waals surface area (Å²) in [5.74, 6) is 1.23. The molecule has 0 radical (unpaired) electrons. The van der Waals surface area contributed by atoms with Crippen molar-refractivity contribution in [3.05, 3.63) is 40.1 Å². The van der Waals surface area contributed by atoms with E-state index in [2.05, 4.69) is 48.9 Å². The van der Waals surface area contributed by atoms with E-state index in [0.29, 0.717) is 10.8 Å². The Morgan fingerprint density at radius 2 is 1.84 bits per heavy atom. The van der Waals surface area contributed by atoms with Gasteiger partial charge in [0.2, 0.25) is 5.91 Å². The van der Waals surface area contributed by atoms with Crippen molar-refractivity contribution in [3.63, 3.8) is 0 Å². The van der Waals surface area contributed by atoms with Crippen LogP contribution in [0, 0.1) is 13.8 Å². The molecule has 4 nitrogen and oxygen atoms in total. The van der Waals surface area contributed by atoms with E-state index in [1.807, 2.05) is 45.7 Å². The molecular weight excluding hydrogens is 350 g/mol. The molecule has 0 spiro atoms. The molecule has 1 amide bonds. The number of benzene rings is 1. The molecule has 0 fully saturated rings. The zero-order valence-corrected chi connectivity index (χ0v) is 17.9. The smallest absolute Gasteiger partial charge is 0.234 e. The number of nitrogens with one attached hydrogen (secondary N) is 1. The van der Waals surface area contributed by atoms with E-state index >= 15 is 0 Å². The highest BCUT2D eigenvalue weighted by Crippen LogP contribution is 2.26. The van der Waals surface area contributed by atoms with Crippen LogP contribution in [-0.2, 0) is 4.79 Å². The first-order valence-corrected chi connectivity index (χ1v) is 9.94. The molecule has 2 rings (SSSR count). The Bertz CT molecular complexity index is 663. The molecule has 1 aromatic rings. The lowest BCUT2D eigenvalue weighted by molar-refractivity contribution is -0.118. The SMILES string of the molecule is CC.CC1=NC(S)=C(NC(=O)CSc2c(C)cccc2C)C(C)N1C. The number of hydrogen-bond acceptors (Lipinski definition) is 5. The molecule has 0 saturated heterocycles. The van der Waals surface area contributed by atoms with Crippen molar-refractivity contribution in [3.8, 4) is 0 Å². The van der Waals surface area contributed by atoms with E-state index in [1.54, 1.807) is 11.8 Å². The monoisotopic (exact) mass is 379 g/mol. The summed E-state index contributed by atoms with van der Waals surface area (Å²) in [7, 11) is 1.96. The van der Waals surface area contributed by atoms with Crippen LogP contribution in [0.3, 0.4) is 0 Å². The van der Waals surface area contributed by atoms with E-state index in [-0.39, 0.29) is 11.9 Å². The van der Waals surface area contributed by atoms with Crippen molar-refractivity contribution in [2.45, 2.75) is 52.5 Å². The van der Waals surface area contributed by atoms with Crippen molar-refractivity contribution in [1.29, 1.82) is 0 Å². The largest absolute Gasteiger partial charge is 0.355 e. The Morgan fingerprint density at radius 3 is 2.40 bits per heavy atom. The van der Waals surface area contributed by atoms with Gasteiger partial charge in [0.25, 0.3) is 0 Å². The highest BCUT2D eigenvalue weighted by atomic mass is 32.2. The van der Waals surface area contributed by atoms with Crippen LogP contribution in [-0.4, -0.2) is 35.5 Å². The Hall–Kier alpha value is -1.40. The number of nitrogens with zero attached hydrogens (tertiary/aromatic N) is 2. The summed E-state index contributed by atoms with van der Waals surface area (Å²) < 4.78 is 0. The number of amidine groups is 1. The van der Waals surface area contributed by atoms with Gasteiger partial charge < -0.3 is 10.2 Å². The third-order valence-electron chi connectivity index (χ3n) is 4.05. The molecule has 25 heavy (non-hydrogen) atoms. The number of aryl methyl sites for hydroxylation is 2. The van der Waals surface area contributed by atoms with Crippen molar-refractivity contribution in [1.82, 2.24) is 10.2 Å². The van der Waals surface area contributed by atoms with Crippen molar-refractivity contribution >= 4 is 36.1 Å². The fourth-order valence-electron chi connectivity index (χ4n) is 2.46. The van der Waals surface area contributed by atoms with Gasteiger partial charge >= 0.3 is 0 Å². The number of amides is 1. The highest BCUT2D eigenvalue weighted by Gasteiger charge is 2.24. The lowest BCUT2D eigenvalue weighted by Crippen LogP contribution is -2.43. The molecule has 1 heterocycles. The molecule has 1 aromatic carbocycles. The quantitative estimate of drug-likeness (QED) is 0.602. The van der Waals surface area contributed by atoms with Gasteiger partial charge in [-0.05, 0) is 38.8 Å². The van der Waals surface area contributed by atoms with Crippen molar-refractivity contribution in [2.24, 2.45) is 4.99 Å². The Balaban J connectivity index is 0.00000151. The van der Waals surface area contributed by atoms with Gasteiger partial charge in [0.15, 0.2) is 0 Å². The molecule has 0 aromatic heterocycles. The summed E-state index contributed by atoms with van der Waals surface area (Å²) in [5.41, 5.74) is 3.15. The number of aliphatic imine (C=N–C) groups is 1. The van der Waals surface area contributed by atoms with E-state index in [0.717, 1.165) is 11.5 Å². The zero-order valence-electron chi connectivity index (χ0n) is 16.2. The maximum atomic E-state index is 12.3. The molecule has 6 heteroatoms. The minimum atomic E-state index is -0.0331. The number of hydrogen-bond donors (Lipinski definition) is 2. The highest BCUT2D eigenvalue weighted by molar-refractivity contribution is 8.00. The lowest BCUT2D eigenvalue weighted by atomic mass is 10.2. The third kappa shape index (κ3) is 5.54. The average Bonchev–Trinajstić information content (AvgIpc) is 2.58. The summed E-state index contributed by atoms with van der Waals surface area (Å²) in [4.78, 5) is 19.9. The molecule has 0 bridgehead atoms. The van der Waals surface area contributed by atoms with Gasteiger partial charge in [-0.15, -0.1) is 24.4 Å². The van der Waals surface area contributed by atoms with E-state index < -0.39 is 0 Å². The summed E-state index contributed by atoms with van der Waals surface area (Å²) in [6, 6.07) is 6.22. The normalized spacial score (nSPS) is 16.9. The molecule has 1 aliphatic rings. The number of thiol groups is 1. The van der Waals surface area contributed by atoms with Gasteiger partial charge in [0.05, 0.1) is 17.5 Å². The Morgan fingerprint density at radius 1 is 1.28 bits per heavy atom. The second-order valence-corrected chi connectivity index (χ2v) is 7.15. The molecule has 0 aliphatic carbocycles. The van der Waals surface area contributed by atoms with Crippen LogP contribution in [0.25, 0.3) is 0 Å². The van der Waals surface area contributed by atoms with Crippen LogP contribution < -0.4 is 5.32 Å². The van der Waals surface area contributed by atoms with E-state index in [1.165, 1.54) is 16.0 Å². The predicted octanol–water partition coefficient (Wildman–Crippen LogP) is 4.39. The fourth-order valence-corrected chi connectivity index (χ4v) is 3.79. The van der Waals surface area contributed by atoms with Gasteiger partial charge in [-0.3, -0.25) is 4.79 Å². The molecule has 0 saturated carbocycles. The maximum absolute atomic E-state index is 12.3. The number of rotatable bonds is 4. The Labute approximate surface area is 161 Å². The summed E-state index contributed by atoms with van der Waals surface area (Å²) in [6.45, 7) is 12.1. The average molecular weight is 380 g/mol. The summed E-state index contributed by atoms with van der Waals surface area (Å²) in [5, 5.41) is 3.56. The first-order chi connectivity index (χ1) is 11.8. The molecule has 1 atom stereocenters. The number of carbonyl (C=O) groups excluding carboxylic acids is 1. The number of thioether (sulfide) groups is 1. The predicted molar refractivity (Wildman–Crippen MR) is 112 cm³/mol. The molecule has 1 N–H and O–H groups in total. The van der Waals surface area contributed by atoms with E-state index in [4.69, 9.17) is 0 Å². The maximum Gasteiger partial charge on any atom is 0.234 e.